The van der Waals surface area contributed by atoms with Crippen molar-refractivity contribution in [3.8, 4) is 5.75 Å². The van der Waals surface area contributed by atoms with Gasteiger partial charge in [0.25, 0.3) is 0 Å². The Morgan fingerprint density at radius 2 is 1.71 bits per heavy atom. The molecule has 0 aromatic heterocycles. The number of methoxy groups -OCH3 is 1. The molecule has 0 amide bonds. The Balaban J connectivity index is 3.37. The Kier molecular flexibility index (Phi) is 3.33. The zero-order valence-corrected chi connectivity index (χ0v) is 10.3. The normalized spacial score (nSPS) is 11.6. The lowest BCUT2D eigenvalue weighted by molar-refractivity contribution is 0.413. The van der Waals surface area contributed by atoms with Crippen LogP contribution in [0.2, 0.25) is 10.0 Å². The van der Waals surface area contributed by atoms with Gasteiger partial charge in [0.05, 0.1) is 12.1 Å². The molecule has 0 radical (unpaired) electrons. The summed E-state index contributed by atoms with van der Waals surface area (Å²) in [5.41, 5.74) is 0.971. The molecule has 0 bridgehead atoms. The predicted octanol–water partition coefficient (Wildman–Crippen LogP) is 4.30. The summed E-state index contributed by atoms with van der Waals surface area (Å²) in [6, 6.07) is 3.60. The van der Waals surface area contributed by atoms with Crippen LogP contribution >= 0.6 is 23.2 Å². The van der Waals surface area contributed by atoms with Crippen LogP contribution in [0, 0.1) is 0 Å². The zero-order valence-electron chi connectivity index (χ0n) is 8.82. The highest BCUT2D eigenvalue weighted by Crippen LogP contribution is 2.38. The third-order valence-corrected chi connectivity index (χ3v) is 2.64. The maximum absolute atomic E-state index is 6.18. The molecule has 1 aromatic rings. The molecule has 0 aliphatic heterocycles. The van der Waals surface area contributed by atoms with Gasteiger partial charge < -0.3 is 4.74 Å². The third kappa shape index (κ3) is 2.34. The van der Waals surface area contributed by atoms with Gasteiger partial charge in [0.15, 0.2) is 0 Å². The summed E-state index contributed by atoms with van der Waals surface area (Å²) in [5, 5.41) is 1.29. The van der Waals surface area contributed by atoms with Gasteiger partial charge >= 0.3 is 0 Å². The van der Waals surface area contributed by atoms with Gasteiger partial charge in [-0.2, -0.15) is 0 Å². The molecule has 0 aliphatic rings. The second kappa shape index (κ2) is 4.00. The summed E-state index contributed by atoms with van der Waals surface area (Å²) >= 11 is 12.2. The van der Waals surface area contributed by atoms with Crippen LogP contribution in [0.15, 0.2) is 12.1 Å². The molecule has 14 heavy (non-hydrogen) atoms. The maximum Gasteiger partial charge on any atom is 0.139 e. The Morgan fingerprint density at radius 3 is 2.14 bits per heavy atom. The van der Waals surface area contributed by atoms with Crippen LogP contribution in [0.3, 0.4) is 0 Å². The van der Waals surface area contributed by atoms with Crippen LogP contribution in [0.25, 0.3) is 0 Å². The lowest BCUT2D eigenvalue weighted by Crippen LogP contribution is -2.12. The second-order valence-electron chi connectivity index (χ2n) is 4.22. The first-order valence-electron chi connectivity index (χ1n) is 4.40. The molecular weight excluding hydrogens is 219 g/mol. The number of hydrogen-bond acceptors (Lipinski definition) is 1. The smallest absolute Gasteiger partial charge is 0.139 e. The minimum absolute atomic E-state index is 0.0325. The number of rotatable bonds is 1. The molecule has 0 N–H and O–H groups in total. The van der Waals surface area contributed by atoms with E-state index in [1.54, 1.807) is 13.2 Å². The van der Waals surface area contributed by atoms with Crippen molar-refractivity contribution in [2.75, 3.05) is 7.11 Å². The van der Waals surface area contributed by atoms with E-state index in [2.05, 4.69) is 20.8 Å². The zero-order chi connectivity index (χ0) is 10.9. The van der Waals surface area contributed by atoms with Crippen molar-refractivity contribution >= 4 is 23.2 Å². The molecule has 0 saturated carbocycles. The van der Waals surface area contributed by atoms with Gasteiger partial charge in [-0.05, 0) is 17.0 Å². The summed E-state index contributed by atoms with van der Waals surface area (Å²) in [4.78, 5) is 0. The van der Waals surface area contributed by atoms with Gasteiger partial charge in [0, 0.05) is 11.1 Å². The van der Waals surface area contributed by atoms with Crippen molar-refractivity contribution in [1.29, 1.82) is 0 Å². The molecule has 0 heterocycles. The Hall–Kier alpha value is -0.400. The number of halogens is 2. The number of ether oxygens (including phenoxy) is 1. The fourth-order valence-corrected chi connectivity index (χ4v) is 1.94. The lowest BCUT2D eigenvalue weighted by Gasteiger charge is -2.22. The minimum atomic E-state index is -0.0325. The van der Waals surface area contributed by atoms with Crippen LogP contribution in [-0.4, -0.2) is 7.11 Å². The molecule has 1 aromatic carbocycles. The number of benzene rings is 1. The van der Waals surface area contributed by atoms with Crippen LogP contribution < -0.4 is 4.74 Å². The van der Waals surface area contributed by atoms with Crippen LogP contribution in [0.4, 0.5) is 0 Å². The van der Waals surface area contributed by atoms with Crippen LogP contribution in [-0.2, 0) is 5.41 Å². The fraction of sp³-hybridized carbons (Fsp3) is 0.455. The average Bonchev–Trinajstić information content (AvgIpc) is 2.06. The van der Waals surface area contributed by atoms with E-state index >= 15 is 0 Å². The van der Waals surface area contributed by atoms with Gasteiger partial charge in [0.1, 0.15) is 5.75 Å². The van der Waals surface area contributed by atoms with Crippen molar-refractivity contribution < 1.29 is 4.74 Å². The minimum Gasteiger partial charge on any atom is -0.495 e. The predicted molar refractivity (Wildman–Crippen MR) is 61.7 cm³/mol. The summed E-state index contributed by atoms with van der Waals surface area (Å²) < 4.78 is 5.15. The van der Waals surface area contributed by atoms with E-state index in [0.717, 1.165) is 5.56 Å². The monoisotopic (exact) mass is 232 g/mol. The van der Waals surface area contributed by atoms with E-state index in [0.29, 0.717) is 15.8 Å². The van der Waals surface area contributed by atoms with Crippen molar-refractivity contribution in [3.63, 3.8) is 0 Å². The van der Waals surface area contributed by atoms with Crippen LogP contribution in [0.5, 0.6) is 5.75 Å². The molecule has 78 valence electrons. The number of hydrogen-bond donors (Lipinski definition) is 0. The van der Waals surface area contributed by atoms with Gasteiger partial charge in [-0.25, -0.2) is 0 Å². The molecule has 1 rings (SSSR count). The Labute approximate surface area is 95.0 Å². The average molecular weight is 233 g/mol. The molecule has 0 unspecified atom stereocenters. The molecule has 0 aliphatic carbocycles. The Morgan fingerprint density at radius 1 is 1.14 bits per heavy atom. The first-order valence-corrected chi connectivity index (χ1v) is 5.15. The first kappa shape index (κ1) is 11.7. The standard InChI is InChI=1S/C11H14Cl2O/c1-11(2,3)8-5-7(12)6-9(14-4)10(8)13/h5-6H,1-4H3. The Bertz CT molecular complexity index is 340. The van der Waals surface area contributed by atoms with Crippen molar-refractivity contribution in [2.45, 2.75) is 26.2 Å². The SMILES string of the molecule is COc1cc(Cl)cc(C(C)(C)C)c1Cl. The van der Waals surface area contributed by atoms with E-state index in [1.165, 1.54) is 0 Å². The highest BCUT2D eigenvalue weighted by atomic mass is 35.5. The van der Waals surface area contributed by atoms with E-state index < -0.39 is 0 Å². The molecule has 3 heteroatoms. The van der Waals surface area contributed by atoms with Crippen molar-refractivity contribution in [1.82, 2.24) is 0 Å². The maximum atomic E-state index is 6.18. The van der Waals surface area contributed by atoms with Gasteiger partial charge in [-0.3, -0.25) is 0 Å². The molecule has 0 saturated heterocycles. The summed E-state index contributed by atoms with van der Waals surface area (Å²) in [5.74, 6) is 0.629. The first-order chi connectivity index (χ1) is 6.36. The molecule has 0 spiro atoms. The lowest BCUT2D eigenvalue weighted by atomic mass is 9.87. The second-order valence-corrected chi connectivity index (χ2v) is 5.03. The highest BCUT2D eigenvalue weighted by molar-refractivity contribution is 6.35. The van der Waals surface area contributed by atoms with E-state index in [9.17, 15) is 0 Å². The van der Waals surface area contributed by atoms with Crippen molar-refractivity contribution in [2.24, 2.45) is 0 Å². The van der Waals surface area contributed by atoms with Gasteiger partial charge in [0.2, 0.25) is 0 Å². The van der Waals surface area contributed by atoms with E-state index in [-0.39, 0.29) is 5.41 Å². The molecule has 1 nitrogen and oxygen atoms in total. The quantitative estimate of drug-likeness (QED) is 0.702. The third-order valence-electron chi connectivity index (χ3n) is 2.03. The summed E-state index contributed by atoms with van der Waals surface area (Å²) in [6.45, 7) is 6.26. The molecule has 0 fully saturated rings. The van der Waals surface area contributed by atoms with Crippen LogP contribution in [0.1, 0.15) is 26.3 Å². The van der Waals surface area contributed by atoms with Gasteiger partial charge in [-0.15, -0.1) is 0 Å². The summed E-state index contributed by atoms with van der Waals surface area (Å²) in [6.07, 6.45) is 0. The fourth-order valence-electron chi connectivity index (χ4n) is 1.26. The largest absolute Gasteiger partial charge is 0.495 e. The molecular formula is C11H14Cl2O. The van der Waals surface area contributed by atoms with E-state index in [4.69, 9.17) is 27.9 Å². The topological polar surface area (TPSA) is 9.23 Å². The highest BCUT2D eigenvalue weighted by Gasteiger charge is 2.20. The van der Waals surface area contributed by atoms with Crippen molar-refractivity contribution in [3.05, 3.63) is 27.7 Å². The van der Waals surface area contributed by atoms with Gasteiger partial charge in [-0.1, -0.05) is 44.0 Å². The molecule has 0 atom stereocenters. The summed E-state index contributed by atoms with van der Waals surface area (Å²) in [7, 11) is 1.59. The van der Waals surface area contributed by atoms with E-state index in [1.807, 2.05) is 6.07 Å².